The number of carbonyl (C=O) groups is 2. The van der Waals surface area contributed by atoms with Crippen LogP contribution < -0.4 is 10.1 Å². The molecular weight excluding hydrogens is 390 g/mol. The van der Waals surface area contributed by atoms with Crippen molar-refractivity contribution in [1.29, 1.82) is 0 Å². The Morgan fingerprint density at radius 2 is 1.76 bits per heavy atom. The van der Waals surface area contributed by atoms with Crippen LogP contribution in [0, 0.1) is 6.92 Å². The highest BCUT2D eigenvalue weighted by Gasteiger charge is 2.11. The van der Waals surface area contributed by atoms with Crippen molar-refractivity contribution in [1.82, 2.24) is 5.32 Å². The maximum atomic E-state index is 12.6. The summed E-state index contributed by atoms with van der Waals surface area (Å²) in [6.45, 7) is 2.42. The number of aromatic carboxylic acids is 1. The van der Waals surface area contributed by atoms with Crippen LogP contribution in [0.25, 0.3) is 0 Å². The van der Waals surface area contributed by atoms with Crippen molar-refractivity contribution in [2.24, 2.45) is 0 Å². The maximum Gasteiger partial charge on any atom is 0.335 e. The maximum absolute atomic E-state index is 12.6. The van der Waals surface area contributed by atoms with Crippen LogP contribution in [0.4, 0.5) is 0 Å². The predicted molar refractivity (Wildman–Crippen MR) is 112 cm³/mol. The number of amides is 1. The first-order valence-electron chi connectivity index (χ1n) is 9.01. The topological polar surface area (TPSA) is 75.6 Å². The Kier molecular flexibility index (Phi) is 6.52. The predicted octanol–water partition coefficient (Wildman–Crippen LogP) is 4.86. The van der Waals surface area contributed by atoms with E-state index >= 15 is 0 Å². The summed E-state index contributed by atoms with van der Waals surface area (Å²) < 4.78 is 5.79. The van der Waals surface area contributed by atoms with E-state index in [1.807, 2.05) is 37.3 Å². The number of hydrogen-bond donors (Lipinski definition) is 2. The lowest BCUT2D eigenvalue weighted by Gasteiger charge is -2.12. The molecule has 0 saturated heterocycles. The minimum Gasteiger partial charge on any atom is -0.489 e. The number of nitrogens with one attached hydrogen (secondary N) is 1. The van der Waals surface area contributed by atoms with Crippen LogP contribution in [0.2, 0.25) is 5.02 Å². The van der Waals surface area contributed by atoms with Crippen LogP contribution in [0.1, 0.15) is 37.4 Å². The third-order valence-electron chi connectivity index (χ3n) is 4.38. The molecule has 0 aliphatic heterocycles. The van der Waals surface area contributed by atoms with E-state index in [-0.39, 0.29) is 18.0 Å². The monoisotopic (exact) mass is 409 g/mol. The average Bonchev–Trinajstić information content (AvgIpc) is 2.71. The average molecular weight is 410 g/mol. The second-order valence-electron chi connectivity index (χ2n) is 6.58. The molecular formula is C23H20ClNO4. The third kappa shape index (κ3) is 5.59. The Labute approximate surface area is 173 Å². The molecule has 3 aromatic carbocycles. The molecule has 29 heavy (non-hydrogen) atoms. The van der Waals surface area contributed by atoms with Gasteiger partial charge in [-0.2, -0.15) is 0 Å². The van der Waals surface area contributed by atoms with Gasteiger partial charge in [0.05, 0.1) is 5.56 Å². The Balaban J connectivity index is 1.66. The molecule has 0 aliphatic rings. The van der Waals surface area contributed by atoms with Crippen molar-refractivity contribution in [3.8, 4) is 5.75 Å². The van der Waals surface area contributed by atoms with Crippen molar-refractivity contribution in [2.75, 3.05) is 0 Å². The first-order chi connectivity index (χ1) is 13.9. The van der Waals surface area contributed by atoms with E-state index in [2.05, 4.69) is 5.32 Å². The van der Waals surface area contributed by atoms with Crippen molar-refractivity contribution in [3.63, 3.8) is 0 Å². The number of ether oxygens (including phenoxy) is 1. The molecule has 0 radical (unpaired) electrons. The highest BCUT2D eigenvalue weighted by molar-refractivity contribution is 6.30. The number of carboxylic acids is 1. The van der Waals surface area contributed by atoms with Gasteiger partial charge in [0.15, 0.2) is 0 Å². The van der Waals surface area contributed by atoms with Crippen LogP contribution in [0.5, 0.6) is 5.75 Å². The molecule has 0 atom stereocenters. The van der Waals surface area contributed by atoms with Gasteiger partial charge in [0.25, 0.3) is 5.91 Å². The fraction of sp³-hybridized carbons (Fsp3) is 0.130. The van der Waals surface area contributed by atoms with Gasteiger partial charge >= 0.3 is 5.97 Å². The summed E-state index contributed by atoms with van der Waals surface area (Å²) in [4.78, 5) is 23.7. The Bertz CT molecular complexity index is 1050. The molecule has 3 aromatic rings. The molecule has 5 nitrogen and oxygen atoms in total. The Morgan fingerprint density at radius 1 is 1.00 bits per heavy atom. The Morgan fingerprint density at radius 3 is 2.52 bits per heavy atom. The molecule has 3 rings (SSSR count). The first-order valence-corrected chi connectivity index (χ1v) is 9.38. The second kappa shape index (κ2) is 9.26. The summed E-state index contributed by atoms with van der Waals surface area (Å²) in [6.07, 6.45) is 0. The quantitative estimate of drug-likeness (QED) is 0.584. The molecule has 6 heteroatoms. The lowest BCUT2D eigenvalue weighted by atomic mass is 10.1. The first kappa shape index (κ1) is 20.4. The van der Waals surface area contributed by atoms with Crippen LogP contribution in [-0.2, 0) is 13.2 Å². The lowest BCUT2D eigenvalue weighted by molar-refractivity contribution is 0.0696. The number of aryl methyl sites for hydroxylation is 1. The summed E-state index contributed by atoms with van der Waals surface area (Å²) in [7, 11) is 0. The minimum absolute atomic E-state index is 0.185. The number of carboxylic acid groups (broad SMARTS) is 1. The molecule has 0 aliphatic carbocycles. The molecule has 0 spiro atoms. The van der Waals surface area contributed by atoms with Crippen molar-refractivity contribution in [3.05, 3.63) is 99.6 Å². The van der Waals surface area contributed by atoms with E-state index in [1.54, 1.807) is 30.3 Å². The summed E-state index contributed by atoms with van der Waals surface area (Å²) in [5, 5.41) is 12.5. The number of halogens is 1. The van der Waals surface area contributed by atoms with E-state index in [9.17, 15) is 9.59 Å². The van der Waals surface area contributed by atoms with Crippen molar-refractivity contribution < 1.29 is 19.4 Å². The summed E-state index contributed by atoms with van der Waals surface area (Å²) in [5.74, 6) is -0.677. The van der Waals surface area contributed by atoms with Gasteiger partial charge in [0, 0.05) is 17.1 Å². The molecule has 0 unspecified atom stereocenters. The second-order valence-corrected chi connectivity index (χ2v) is 7.02. The molecule has 0 bridgehead atoms. The Hall–Kier alpha value is -3.31. The van der Waals surface area contributed by atoms with Crippen LogP contribution in [-0.4, -0.2) is 17.0 Å². The fourth-order valence-corrected chi connectivity index (χ4v) is 3.03. The molecule has 0 heterocycles. The van der Waals surface area contributed by atoms with Gasteiger partial charge in [0.1, 0.15) is 12.4 Å². The normalized spacial score (nSPS) is 10.4. The molecule has 1 amide bonds. The van der Waals surface area contributed by atoms with Gasteiger partial charge in [-0.3, -0.25) is 4.79 Å². The van der Waals surface area contributed by atoms with E-state index in [0.29, 0.717) is 28.5 Å². The highest BCUT2D eigenvalue weighted by atomic mass is 35.5. The molecule has 0 saturated carbocycles. The lowest BCUT2D eigenvalue weighted by Crippen LogP contribution is -2.23. The molecule has 0 aromatic heterocycles. The van der Waals surface area contributed by atoms with Gasteiger partial charge < -0.3 is 15.2 Å². The third-order valence-corrected chi connectivity index (χ3v) is 4.61. The minimum atomic E-state index is -1.00. The van der Waals surface area contributed by atoms with Crippen LogP contribution >= 0.6 is 11.6 Å². The van der Waals surface area contributed by atoms with E-state index in [1.165, 1.54) is 6.07 Å². The van der Waals surface area contributed by atoms with E-state index in [4.69, 9.17) is 21.4 Å². The van der Waals surface area contributed by atoms with Gasteiger partial charge in [-0.25, -0.2) is 4.79 Å². The molecule has 148 valence electrons. The standard InChI is InChI=1S/C23H20ClNO4/c1-15-8-9-20(29-14-17-5-3-7-19(24)11-17)12-21(15)22(26)25-13-16-4-2-6-18(10-16)23(27)28/h2-12H,13-14H2,1H3,(H,25,26)(H,27,28). The largest absolute Gasteiger partial charge is 0.489 e. The summed E-state index contributed by atoms with van der Waals surface area (Å²) >= 11 is 5.99. The number of rotatable bonds is 7. The summed E-state index contributed by atoms with van der Waals surface area (Å²) in [6, 6.07) is 19.2. The zero-order valence-electron chi connectivity index (χ0n) is 15.8. The summed E-state index contributed by atoms with van der Waals surface area (Å²) in [5.41, 5.74) is 3.15. The van der Waals surface area contributed by atoms with Gasteiger partial charge in [-0.1, -0.05) is 41.9 Å². The van der Waals surface area contributed by atoms with E-state index < -0.39 is 5.97 Å². The SMILES string of the molecule is Cc1ccc(OCc2cccc(Cl)c2)cc1C(=O)NCc1cccc(C(=O)O)c1. The van der Waals surface area contributed by atoms with Gasteiger partial charge in [-0.05, 0) is 60.0 Å². The van der Waals surface area contributed by atoms with Gasteiger partial charge in [-0.15, -0.1) is 0 Å². The number of hydrogen-bond acceptors (Lipinski definition) is 3. The van der Waals surface area contributed by atoms with Crippen molar-refractivity contribution >= 4 is 23.5 Å². The van der Waals surface area contributed by atoms with Crippen LogP contribution in [0.15, 0.2) is 66.7 Å². The zero-order chi connectivity index (χ0) is 20.8. The zero-order valence-corrected chi connectivity index (χ0v) is 16.6. The van der Waals surface area contributed by atoms with Crippen LogP contribution in [0.3, 0.4) is 0 Å². The number of benzene rings is 3. The smallest absolute Gasteiger partial charge is 0.335 e. The number of carbonyl (C=O) groups excluding carboxylic acids is 1. The van der Waals surface area contributed by atoms with Gasteiger partial charge in [0.2, 0.25) is 0 Å². The fourth-order valence-electron chi connectivity index (χ4n) is 2.82. The molecule has 2 N–H and O–H groups in total. The highest BCUT2D eigenvalue weighted by Crippen LogP contribution is 2.20. The van der Waals surface area contributed by atoms with Crippen molar-refractivity contribution in [2.45, 2.75) is 20.1 Å². The molecule has 0 fully saturated rings. The van der Waals surface area contributed by atoms with E-state index in [0.717, 1.165) is 11.1 Å².